The van der Waals surface area contributed by atoms with E-state index in [1.54, 1.807) is 0 Å². The molecule has 0 aromatic heterocycles. The third-order valence-corrected chi connectivity index (χ3v) is 6.91. The minimum atomic E-state index is -2.37. The first-order valence-corrected chi connectivity index (χ1v) is 10.8. The molecular weight excluding hydrogens is 435 g/mol. The summed E-state index contributed by atoms with van der Waals surface area (Å²) in [5.74, 6) is -1.31. The highest BCUT2D eigenvalue weighted by Crippen LogP contribution is 2.52. The zero-order valence-corrected chi connectivity index (χ0v) is 17.6. The van der Waals surface area contributed by atoms with Crippen molar-refractivity contribution in [2.24, 2.45) is 11.8 Å². The van der Waals surface area contributed by atoms with Crippen LogP contribution in [0.2, 0.25) is 5.02 Å². The quantitative estimate of drug-likeness (QED) is 0.585. The molecule has 3 saturated carbocycles. The van der Waals surface area contributed by atoms with Gasteiger partial charge in [0, 0.05) is 30.1 Å². The first kappa shape index (κ1) is 22.2. The van der Waals surface area contributed by atoms with E-state index in [0.29, 0.717) is 19.3 Å². The SMILES string of the molecule is O=C(COc1ccc(Cl)c(F)c1)NC1CC2(NC(=O)C3CCC(C(F)F)CN3)CC1C2. The van der Waals surface area contributed by atoms with Crippen molar-refractivity contribution in [3.63, 3.8) is 0 Å². The number of rotatable bonds is 7. The molecule has 0 radical (unpaired) electrons. The van der Waals surface area contributed by atoms with Gasteiger partial charge in [0.25, 0.3) is 5.91 Å². The van der Waals surface area contributed by atoms with Crippen molar-refractivity contribution in [3.8, 4) is 5.75 Å². The van der Waals surface area contributed by atoms with Gasteiger partial charge in [0.1, 0.15) is 11.6 Å². The van der Waals surface area contributed by atoms with Crippen molar-refractivity contribution in [1.82, 2.24) is 16.0 Å². The number of benzene rings is 1. The van der Waals surface area contributed by atoms with Gasteiger partial charge in [-0.25, -0.2) is 13.2 Å². The lowest BCUT2D eigenvalue weighted by Crippen LogP contribution is -2.58. The maximum atomic E-state index is 13.4. The molecule has 10 heteroatoms. The van der Waals surface area contributed by atoms with Crippen molar-refractivity contribution in [3.05, 3.63) is 29.0 Å². The van der Waals surface area contributed by atoms with E-state index in [2.05, 4.69) is 16.0 Å². The fourth-order valence-electron chi connectivity index (χ4n) is 4.93. The largest absolute Gasteiger partial charge is 0.484 e. The van der Waals surface area contributed by atoms with Crippen molar-refractivity contribution >= 4 is 23.4 Å². The number of nitrogens with one attached hydrogen (secondary N) is 3. The third-order valence-electron chi connectivity index (χ3n) is 6.61. The lowest BCUT2D eigenvalue weighted by molar-refractivity contribution is -0.127. The van der Waals surface area contributed by atoms with Gasteiger partial charge in [-0.3, -0.25) is 9.59 Å². The lowest BCUT2D eigenvalue weighted by Gasteiger charge is -2.40. The van der Waals surface area contributed by atoms with Crippen LogP contribution in [0.15, 0.2) is 18.2 Å². The van der Waals surface area contributed by atoms with Crippen LogP contribution in [0.5, 0.6) is 5.75 Å². The van der Waals surface area contributed by atoms with E-state index >= 15 is 0 Å². The molecule has 4 aliphatic rings. The summed E-state index contributed by atoms with van der Waals surface area (Å²) in [6.07, 6.45) is 0.525. The standard InChI is InChI=1S/C21H25ClF3N3O3/c22-14-3-2-13(5-15(14)23)31-10-18(29)27-17-8-21(6-12(17)7-21)28-20(30)16-4-1-11(9-26-16)19(24)25/h2-3,5,11-12,16-17,19,26H,1,4,6-10H2,(H,27,29)(H,28,30). The van der Waals surface area contributed by atoms with Gasteiger partial charge in [-0.1, -0.05) is 11.6 Å². The molecule has 1 heterocycles. The summed E-state index contributed by atoms with van der Waals surface area (Å²) in [7, 11) is 0. The summed E-state index contributed by atoms with van der Waals surface area (Å²) in [5, 5.41) is 8.92. The van der Waals surface area contributed by atoms with Crippen LogP contribution >= 0.6 is 11.6 Å². The predicted octanol–water partition coefficient (Wildman–Crippen LogP) is 2.64. The van der Waals surface area contributed by atoms with E-state index in [9.17, 15) is 22.8 Å². The fourth-order valence-corrected chi connectivity index (χ4v) is 5.05. The molecule has 1 aromatic carbocycles. The first-order chi connectivity index (χ1) is 14.7. The van der Waals surface area contributed by atoms with Gasteiger partial charge in [0.2, 0.25) is 12.3 Å². The number of carbonyl (C=O) groups excluding carboxylic acids is 2. The molecule has 4 fully saturated rings. The number of fused-ring (bicyclic) bond motifs is 1. The second-order valence-electron chi connectivity index (χ2n) is 8.81. The van der Waals surface area contributed by atoms with Crippen LogP contribution in [0.1, 0.15) is 32.1 Å². The smallest absolute Gasteiger partial charge is 0.258 e. The molecular formula is C21H25ClF3N3O3. The number of halogens is 4. The van der Waals surface area contributed by atoms with Crippen molar-refractivity contribution < 1.29 is 27.5 Å². The molecule has 0 spiro atoms. The van der Waals surface area contributed by atoms with Crippen molar-refractivity contribution in [2.75, 3.05) is 13.2 Å². The monoisotopic (exact) mass is 459 g/mol. The Morgan fingerprint density at radius 3 is 2.68 bits per heavy atom. The molecule has 3 N–H and O–H groups in total. The fraction of sp³-hybridized carbons (Fsp3) is 0.619. The Bertz CT molecular complexity index is 842. The summed E-state index contributed by atoms with van der Waals surface area (Å²) in [5.41, 5.74) is -0.346. The Hall–Kier alpha value is -2.00. The van der Waals surface area contributed by atoms with Gasteiger partial charge in [-0.15, -0.1) is 0 Å². The normalized spacial score (nSPS) is 31.8. The molecule has 170 valence electrons. The average molecular weight is 460 g/mol. The number of carbonyl (C=O) groups is 2. The minimum absolute atomic E-state index is 0.0212. The average Bonchev–Trinajstić information content (AvgIpc) is 3.22. The topological polar surface area (TPSA) is 79.5 Å². The number of amides is 2. The van der Waals surface area contributed by atoms with Crippen LogP contribution in [-0.4, -0.2) is 49.0 Å². The lowest BCUT2D eigenvalue weighted by atomic mass is 9.76. The highest BCUT2D eigenvalue weighted by atomic mass is 35.5. The molecule has 3 unspecified atom stereocenters. The molecule has 6 nitrogen and oxygen atoms in total. The van der Waals surface area contributed by atoms with Crippen molar-refractivity contribution in [2.45, 2.75) is 56.2 Å². The van der Waals surface area contributed by atoms with E-state index in [4.69, 9.17) is 16.3 Å². The van der Waals surface area contributed by atoms with Gasteiger partial charge >= 0.3 is 0 Å². The second-order valence-corrected chi connectivity index (χ2v) is 9.22. The number of alkyl halides is 2. The molecule has 1 aliphatic heterocycles. The molecule has 1 saturated heterocycles. The van der Waals surface area contributed by atoms with Crippen LogP contribution < -0.4 is 20.7 Å². The van der Waals surface area contributed by atoms with Gasteiger partial charge in [0.15, 0.2) is 6.61 Å². The minimum Gasteiger partial charge on any atom is -0.484 e. The number of ether oxygens (including phenoxy) is 1. The zero-order valence-electron chi connectivity index (χ0n) is 16.8. The summed E-state index contributed by atoms with van der Waals surface area (Å²) >= 11 is 5.62. The Kier molecular flexibility index (Phi) is 6.35. The first-order valence-electron chi connectivity index (χ1n) is 10.5. The van der Waals surface area contributed by atoms with Crippen LogP contribution in [0.3, 0.4) is 0 Å². The maximum absolute atomic E-state index is 13.4. The Morgan fingerprint density at radius 2 is 2.03 bits per heavy atom. The summed E-state index contributed by atoms with van der Waals surface area (Å²) in [6.45, 7) is -0.109. The number of hydrogen-bond acceptors (Lipinski definition) is 4. The van der Waals surface area contributed by atoms with Crippen LogP contribution in [-0.2, 0) is 9.59 Å². The predicted molar refractivity (Wildman–Crippen MR) is 108 cm³/mol. The molecule has 3 atom stereocenters. The van der Waals surface area contributed by atoms with E-state index in [-0.39, 0.29) is 53.2 Å². The molecule has 2 bridgehead atoms. The molecule has 3 aliphatic carbocycles. The van der Waals surface area contributed by atoms with E-state index < -0.39 is 24.2 Å². The number of hydrogen-bond donors (Lipinski definition) is 3. The van der Waals surface area contributed by atoms with Crippen LogP contribution in [0.25, 0.3) is 0 Å². The van der Waals surface area contributed by atoms with Gasteiger partial charge in [-0.2, -0.15) is 0 Å². The van der Waals surface area contributed by atoms with Gasteiger partial charge in [0.05, 0.1) is 11.1 Å². The van der Waals surface area contributed by atoms with Gasteiger partial charge in [-0.05, 0) is 50.2 Å². The van der Waals surface area contributed by atoms with Crippen molar-refractivity contribution in [1.29, 1.82) is 0 Å². The zero-order chi connectivity index (χ0) is 22.2. The highest BCUT2D eigenvalue weighted by Gasteiger charge is 2.57. The Morgan fingerprint density at radius 1 is 1.26 bits per heavy atom. The molecule has 1 aromatic rings. The molecule has 2 amide bonds. The van der Waals surface area contributed by atoms with E-state index in [0.717, 1.165) is 18.9 Å². The van der Waals surface area contributed by atoms with Crippen LogP contribution in [0.4, 0.5) is 13.2 Å². The van der Waals surface area contributed by atoms with E-state index in [1.807, 2.05) is 0 Å². The highest BCUT2D eigenvalue weighted by molar-refractivity contribution is 6.30. The molecule has 31 heavy (non-hydrogen) atoms. The third kappa shape index (κ3) is 4.92. The second kappa shape index (κ2) is 8.86. The molecule has 5 rings (SSSR count). The maximum Gasteiger partial charge on any atom is 0.258 e. The summed E-state index contributed by atoms with van der Waals surface area (Å²) in [4.78, 5) is 24.8. The van der Waals surface area contributed by atoms with Crippen LogP contribution in [0, 0.1) is 17.7 Å². The number of piperidine rings is 1. The van der Waals surface area contributed by atoms with Gasteiger partial charge < -0.3 is 20.7 Å². The summed E-state index contributed by atoms with van der Waals surface area (Å²) < 4.78 is 44.3. The summed E-state index contributed by atoms with van der Waals surface area (Å²) in [6, 6.07) is 3.44. The Balaban J connectivity index is 1.21. The van der Waals surface area contributed by atoms with E-state index in [1.165, 1.54) is 12.1 Å². The Labute approximate surface area is 183 Å².